The van der Waals surface area contributed by atoms with Crippen molar-refractivity contribution in [2.24, 2.45) is 0 Å². The molecule has 3 amide bonds. The number of carbonyl (C=O) groups excluding carboxylic acids is 2. The lowest BCUT2D eigenvalue weighted by molar-refractivity contribution is -0.123. The molecule has 156 valence electrons. The third-order valence-electron chi connectivity index (χ3n) is 4.65. The van der Waals surface area contributed by atoms with Gasteiger partial charge in [-0.15, -0.1) is 0 Å². The van der Waals surface area contributed by atoms with Gasteiger partial charge in [0.05, 0.1) is 17.1 Å². The first-order valence-corrected chi connectivity index (χ1v) is 9.42. The number of nitrogens with one attached hydrogen (secondary N) is 1. The van der Waals surface area contributed by atoms with E-state index in [2.05, 4.69) is 5.32 Å². The van der Waals surface area contributed by atoms with Gasteiger partial charge in [0.1, 0.15) is 23.0 Å². The number of furan rings is 1. The van der Waals surface area contributed by atoms with Crippen LogP contribution in [0.5, 0.6) is 0 Å². The Hall–Kier alpha value is -3.91. The number of nitrogens with zero attached hydrogens (tertiary/aromatic N) is 1. The van der Waals surface area contributed by atoms with Gasteiger partial charge >= 0.3 is 12.0 Å². The van der Waals surface area contributed by atoms with Crippen molar-refractivity contribution < 1.29 is 28.3 Å². The average molecular weight is 441 g/mol. The molecule has 31 heavy (non-hydrogen) atoms. The molecule has 3 aromatic rings. The van der Waals surface area contributed by atoms with Crippen LogP contribution in [0.4, 0.5) is 9.18 Å². The van der Waals surface area contributed by atoms with Crippen LogP contribution in [-0.4, -0.2) is 27.9 Å². The summed E-state index contributed by atoms with van der Waals surface area (Å²) in [5.41, 5.74) is 0.715. The van der Waals surface area contributed by atoms with Gasteiger partial charge in [0.25, 0.3) is 5.91 Å². The summed E-state index contributed by atoms with van der Waals surface area (Å²) in [5, 5.41) is 11.6. The molecule has 0 bridgehead atoms. The highest BCUT2D eigenvalue weighted by molar-refractivity contribution is 6.33. The molecular weight excluding hydrogens is 427 g/mol. The summed E-state index contributed by atoms with van der Waals surface area (Å²) in [7, 11) is 0. The van der Waals surface area contributed by atoms with Crippen molar-refractivity contribution in [3.8, 4) is 11.3 Å². The number of benzene rings is 2. The molecule has 2 heterocycles. The summed E-state index contributed by atoms with van der Waals surface area (Å²) in [4.78, 5) is 36.8. The van der Waals surface area contributed by atoms with E-state index in [0.717, 1.165) is 4.90 Å². The first-order valence-electron chi connectivity index (χ1n) is 9.04. The number of amides is 3. The van der Waals surface area contributed by atoms with E-state index in [-0.39, 0.29) is 34.2 Å². The van der Waals surface area contributed by atoms with Crippen molar-refractivity contribution in [2.75, 3.05) is 0 Å². The molecule has 7 nitrogen and oxygen atoms in total. The van der Waals surface area contributed by atoms with E-state index in [1.807, 2.05) is 0 Å². The van der Waals surface area contributed by atoms with Crippen molar-refractivity contribution in [1.29, 1.82) is 0 Å². The maximum atomic E-state index is 13.9. The fourth-order valence-electron chi connectivity index (χ4n) is 3.08. The Morgan fingerprint density at radius 3 is 2.65 bits per heavy atom. The zero-order valence-electron chi connectivity index (χ0n) is 15.8. The second-order valence-corrected chi connectivity index (χ2v) is 7.08. The van der Waals surface area contributed by atoms with Gasteiger partial charge in [-0.1, -0.05) is 35.9 Å². The number of halogens is 2. The lowest BCUT2D eigenvalue weighted by atomic mass is 10.1. The summed E-state index contributed by atoms with van der Waals surface area (Å²) >= 11 is 5.99. The standard InChI is InChI=1S/C22H14ClFN2O5/c23-16-9-12(5-7-15(16)21(28)29)19-8-6-14(31-19)10-18-20(27)26(22(30)25-18)11-13-3-1-2-4-17(13)24/h1-10H,11H2,(H,25,30)(H,28,29)/b18-10+. The van der Waals surface area contributed by atoms with Gasteiger partial charge in [0, 0.05) is 17.2 Å². The minimum absolute atomic E-state index is 0.0125. The van der Waals surface area contributed by atoms with Crippen LogP contribution in [0.25, 0.3) is 17.4 Å². The van der Waals surface area contributed by atoms with Crippen molar-refractivity contribution in [3.05, 3.63) is 88.0 Å². The lowest BCUT2D eigenvalue weighted by Gasteiger charge is -2.12. The molecule has 1 aliphatic heterocycles. The largest absolute Gasteiger partial charge is 0.478 e. The molecule has 4 rings (SSSR count). The molecule has 2 aromatic carbocycles. The first kappa shape index (κ1) is 20.4. The van der Waals surface area contributed by atoms with Gasteiger partial charge in [0.2, 0.25) is 0 Å². The van der Waals surface area contributed by atoms with Crippen LogP contribution in [0.1, 0.15) is 21.7 Å². The highest BCUT2D eigenvalue weighted by Gasteiger charge is 2.34. The van der Waals surface area contributed by atoms with Crippen molar-refractivity contribution in [1.82, 2.24) is 10.2 Å². The number of carbonyl (C=O) groups is 3. The van der Waals surface area contributed by atoms with Crippen LogP contribution in [0, 0.1) is 5.82 Å². The van der Waals surface area contributed by atoms with E-state index in [1.165, 1.54) is 36.4 Å². The van der Waals surface area contributed by atoms with Gasteiger partial charge in [0.15, 0.2) is 0 Å². The molecule has 2 N–H and O–H groups in total. The molecule has 0 saturated carbocycles. The fourth-order valence-corrected chi connectivity index (χ4v) is 3.34. The summed E-state index contributed by atoms with van der Waals surface area (Å²) in [6, 6.07) is 12.8. The number of rotatable bonds is 5. The zero-order chi connectivity index (χ0) is 22.1. The topological polar surface area (TPSA) is 99.9 Å². The summed E-state index contributed by atoms with van der Waals surface area (Å²) < 4.78 is 19.5. The van der Waals surface area contributed by atoms with Crippen LogP contribution in [0.2, 0.25) is 5.02 Å². The molecular formula is C22H14ClFN2O5. The summed E-state index contributed by atoms with van der Waals surface area (Å²) in [6.45, 7) is -0.202. The first-order chi connectivity index (χ1) is 14.8. The number of hydrogen-bond donors (Lipinski definition) is 2. The molecule has 0 aliphatic carbocycles. The maximum Gasteiger partial charge on any atom is 0.337 e. The van der Waals surface area contributed by atoms with Gasteiger partial charge in [-0.2, -0.15) is 0 Å². The number of carboxylic acids is 1. The van der Waals surface area contributed by atoms with E-state index < -0.39 is 23.7 Å². The number of imide groups is 1. The molecule has 1 aromatic heterocycles. The predicted octanol–water partition coefficient (Wildman–Crippen LogP) is 4.53. The van der Waals surface area contributed by atoms with Gasteiger partial charge < -0.3 is 14.8 Å². The van der Waals surface area contributed by atoms with E-state index in [0.29, 0.717) is 11.3 Å². The van der Waals surface area contributed by atoms with E-state index in [9.17, 15) is 18.8 Å². The van der Waals surface area contributed by atoms with Crippen molar-refractivity contribution in [2.45, 2.75) is 6.54 Å². The smallest absolute Gasteiger partial charge is 0.337 e. The van der Waals surface area contributed by atoms with Crippen molar-refractivity contribution >= 4 is 35.6 Å². The number of hydrogen-bond acceptors (Lipinski definition) is 4. The van der Waals surface area contributed by atoms with Crippen LogP contribution in [0.15, 0.2) is 64.7 Å². The fraction of sp³-hybridized carbons (Fsp3) is 0.0455. The normalized spacial score (nSPS) is 14.9. The van der Waals surface area contributed by atoms with Gasteiger partial charge in [-0.05, 0) is 30.3 Å². The monoisotopic (exact) mass is 440 g/mol. The SMILES string of the molecule is O=C(O)c1ccc(-c2ccc(/C=C3/NC(=O)N(Cc4ccccc4F)C3=O)o2)cc1Cl. The Balaban J connectivity index is 1.55. The molecule has 0 atom stereocenters. The number of urea groups is 1. The Morgan fingerprint density at radius 1 is 1.16 bits per heavy atom. The van der Waals surface area contributed by atoms with Crippen LogP contribution < -0.4 is 5.32 Å². The molecule has 0 radical (unpaired) electrons. The minimum atomic E-state index is -1.14. The molecule has 0 spiro atoms. The lowest BCUT2D eigenvalue weighted by Crippen LogP contribution is -2.30. The highest BCUT2D eigenvalue weighted by atomic mass is 35.5. The summed E-state index contributed by atoms with van der Waals surface area (Å²) in [5.74, 6) is -1.59. The summed E-state index contributed by atoms with van der Waals surface area (Å²) in [6.07, 6.45) is 1.36. The van der Waals surface area contributed by atoms with Crippen LogP contribution >= 0.6 is 11.6 Å². The molecule has 1 aliphatic rings. The zero-order valence-corrected chi connectivity index (χ0v) is 16.5. The van der Waals surface area contributed by atoms with Crippen LogP contribution in [-0.2, 0) is 11.3 Å². The molecule has 9 heteroatoms. The molecule has 1 fully saturated rings. The van der Waals surface area contributed by atoms with E-state index in [4.69, 9.17) is 21.1 Å². The molecule has 1 saturated heterocycles. The van der Waals surface area contributed by atoms with Crippen LogP contribution in [0.3, 0.4) is 0 Å². The average Bonchev–Trinajstić information content (AvgIpc) is 3.29. The third-order valence-corrected chi connectivity index (χ3v) is 4.96. The van der Waals surface area contributed by atoms with E-state index in [1.54, 1.807) is 24.3 Å². The predicted molar refractivity (Wildman–Crippen MR) is 110 cm³/mol. The van der Waals surface area contributed by atoms with Gasteiger partial charge in [-0.25, -0.2) is 14.0 Å². The Morgan fingerprint density at radius 2 is 1.94 bits per heavy atom. The molecule has 0 unspecified atom stereocenters. The third kappa shape index (κ3) is 4.06. The maximum absolute atomic E-state index is 13.9. The van der Waals surface area contributed by atoms with E-state index >= 15 is 0 Å². The van der Waals surface area contributed by atoms with Gasteiger partial charge in [-0.3, -0.25) is 9.69 Å². The Kier molecular flexibility index (Phi) is 5.31. The Labute approximate surface area is 180 Å². The quantitative estimate of drug-likeness (QED) is 0.448. The van der Waals surface area contributed by atoms with Crippen molar-refractivity contribution in [3.63, 3.8) is 0 Å². The minimum Gasteiger partial charge on any atom is -0.478 e. The second kappa shape index (κ2) is 8.08. The Bertz CT molecular complexity index is 1250. The number of aromatic carboxylic acids is 1. The second-order valence-electron chi connectivity index (χ2n) is 6.67. The number of carboxylic acid groups (broad SMARTS) is 1. The highest BCUT2D eigenvalue weighted by Crippen LogP contribution is 2.28.